The molecule has 0 radical (unpaired) electrons. The zero-order valence-corrected chi connectivity index (χ0v) is 8.50. The Morgan fingerprint density at radius 3 is 2.87 bits per heavy atom. The molecule has 15 heavy (non-hydrogen) atoms. The average molecular weight is 212 g/mol. The van der Waals surface area contributed by atoms with Crippen molar-refractivity contribution in [3.05, 3.63) is 29.6 Å². The van der Waals surface area contributed by atoms with Gasteiger partial charge in [-0.15, -0.1) is 0 Å². The minimum Gasteiger partial charge on any atom is -0.491 e. The standard InChI is InChI=1S/C11H13FO3/c1-2-15-11-8(6-7-10(13)14)4-3-5-9(11)12/h3-5H,2,6-7H2,1H3,(H,13,14). The first-order chi connectivity index (χ1) is 7.15. The first-order valence-electron chi connectivity index (χ1n) is 4.77. The second-order valence-corrected chi connectivity index (χ2v) is 3.05. The van der Waals surface area contributed by atoms with Gasteiger partial charge in [0.1, 0.15) is 0 Å². The van der Waals surface area contributed by atoms with Crippen LogP contribution in [0.4, 0.5) is 4.39 Å². The number of benzene rings is 1. The molecule has 0 bridgehead atoms. The largest absolute Gasteiger partial charge is 0.491 e. The zero-order valence-electron chi connectivity index (χ0n) is 8.50. The van der Waals surface area contributed by atoms with Crippen LogP contribution in [0.2, 0.25) is 0 Å². The Hall–Kier alpha value is -1.58. The van der Waals surface area contributed by atoms with Crippen LogP contribution in [0.25, 0.3) is 0 Å². The molecule has 0 atom stereocenters. The smallest absolute Gasteiger partial charge is 0.303 e. The van der Waals surface area contributed by atoms with E-state index in [0.717, 1.165) is 0 Å². The molecule has 1 aromatic carbocycles. The molecule has 1 aromatic rings. The van der Waals surface area contributed by atoms with Crippen molar-refractivity contribution < 1.29 is 19.0 Å². The molecule has 4 heteroatoms. The van der Waals surface area contributed by atoms with Crippen molar-refractivity contribution in [2.45, 2.75) is 19.8 Å². The van der Waals surface area contributed by atoms with E-state index >= 15 is 0 Å². The van der Waals surface area contributed by atoms with Gasteiger partial charge in [0.2, 0.25) is 0 Å². The number of ether oxygens (including phenoxy) is 1. The maximum Gasteiger partial charge on any atom is 0.303 e. The number of para-hydroxylation sites is 1. The third-order valence-electron chi connectivity index (χ3n) is 1.95. The lowest BCUT2D eigenvalue weighted by Gasteiger charge is -2.09. The summed E-state index contributed by atoms with van der Waals surface area (Å²) < 4.78 is 18.4. The van der Waals surface area contributed by atoms with Gasteiger partial charge >= 0.3 is 5.97 Å². The van der Waals surface area contributed by atoms with Gasteiger partial charge in [-0.25, -0.2) is 4.39 Å². The maximum atomic E-state index is 13.3. The monoisotopic (exact) mass is 212 g/mol. The van der Waals surface area contributed by atoms with E-state index < -0.39 is 11.8 Å². The molecule has 0 unspecified atom stereocenters. The first-order valence-corrected chi connectivity index (χ1v) is 4.77. The Morgan fingerprint density at radius 2 is 2.27 bits per heavy atom. The molecule has 0 aliphatic carbocycles. The lowest BCUT2D eigenvalue weighted by molar-refractivity contribution is -0.136. The van der Waals surface area contributed by atoms with E-state index in [1.165, 1.54) is 6.07 Å². The summed E-state index contributed by atoms with van der Waals surface area (Å²) in [5.41, 5.74) is 0.597. The second-order valence-electron chi connectivity index (χ2n) is 3.05. The molecule has 1 N–H and O–H groups in total. The fourth-order valence-corrected chi connectivity index (χ4v) is 1.30. The fraction of sp³-hybridized carbons (Fsp3) is 0.364. The second kappa shape index (κ2) is 5.34. The van der Waals surface area contributed by atoms with Crippen molar-refractivity contribution in [1.82, 2.24) is 0 Å². The normalized spacial score (nSPS) is 10.0. The van der Waals surface area contributed by atoms with Gasteiger partial charge in [-0.2, -0.15) is 0 Å². The number of carboxylic acids is 1. The Kier molecular flexibility index (Phi) is 4.09. The Morgan fingerprint density at radius 1 is 1.53 bits per heavy atom. The van der Waals surface area contributed by atoms with Crippen LogP contribution in [0.5, 0.6) is 5.75 Å². The van der Waals surface area contributed by atoms with Crippen molar-refractivity contribution in [3.8, 4) is 5.75 Å². The van der Waals surface area contributed by atoms with Crippen molar-refractivity contribution in [3.63, 3.8) is 0 Å². The number of halogens is 1. The molecule has 0 aliphatic rings. The topological polar surface area (TPSA) is 46.5 Å². The van der Waals surface area contributed by atoms with E-state index in [1.807, 2.05) is 0 Å². The summed E-state index contributed by atoms with van der Waals surface area (Å²) in [5, 5.41) is 8.53. The summed E-state index contributed by atoms with van der Waals surface area (Å²) >= 11 is 0. The Bertz CT molecular complexity index is 350. The summed E-state index contributed by atoms with van der Waals surface area (Å²) in [7, 11) is 0. The zero-order chi connectivity index (χ0) is 11.3. The molecular weight excluding hydrogens is 199 g/mol. The number of aliphatic carboxylic acids is 1. The van der Waals surface area contributed by atoms with E-state index in [-0.39, 0.29) is 18.6 Å². The van der Waals surface area contributed by atoms with Crippen molar-refractivity contribution >= 4 is 5.97 Å². The SMILES string of the molecule is CCOc1c(F)cccc1CCC(=O)O. The highest BCUT2D eigenvalue weighted by atomic mass is 19.1. The van der Waals surface area contributed by atoms with Gasteiger partial charge < -0.3 is 9.84 Å². The minimum atomic E-state index is -0.901. The highest BCUT2D eigenvalue weighted by molar-refractivity contribution is 5.67. The van der Waals surface area contributed by atoms with E-state index in [9.17, 15) is 9.18 Å². The van der Waals surface area contributed by atoms with Gasteiger partial charge in [0.05, 0.1) is 6.61 Å². The Labute approximate surface area is 87.5 Å². The molecule has 0 fully saturated rings. The van der Waals surface area contributed by atoms with Crippen LogP contribution in [0.15, 0.2) is 18.2 Å². The van der Waals surface area contributed by atoms with Crippen LogP contribution in [-0.4, -0.2) is 17.7 Å². The van der Waals surface area contributed by atoms with Gasteiger partial charge in [0, 0.05) is 6.42 Å². The van der Waals surface area contributed by atoms with Gasteiger partial charge in [0.15, 0.2) is 11.6 Å². The number of hydrogen-bond donors (Lipinski definition) is 1. The van der Waals surface area contributed by atoms with Crippen LogP contribution in [0.1, 0.15) is 18.9 Å². The summed E-state index contributed by atoms with van der Waals surface area (Å²) in [5.74, 6) is -1.18. The predicted octanol–water partition coefficient (Wildman–Crippen LogP) is 2.24. The highest BCUT2D eigenvalue weighted by Gasteiger charge is 2.10. The van der Waals surface area contributed by atoms with Gasteiger partial charge in [-0.3, -0.25) is 4.79 Å². The lowest BCUT2D eigenvalue weighted by Crippen LogP contribution is -2.02. The molecule has 0 aromatic heterocycles. The quantitative estimate of drug-likeness (QED) is 0.814. The van der Waals surface area contributed by atoms with Gasteiger partial charge in [0.25, 0.3) is 0 Å². The lowest BCUT2D eigenvalue weighted by atomic mass is 10.1. The van der Waals surface area contributed by atoms with E-state index in [0.29, 0.717) is 12.2 Å². The van der Waals surface area contributed by atoms with E-state index in [4.69, 9.17) is 9.84 Å². The van der Waals surface area contributed by atoms with Gasteiger partial charge in [-0.05, 0) is 25.0 Å². The average Bonchev–Trinajstić information content (AvgIpc) is 2.19. The molecule has 0 saturated carbocycles. The van der Waals surface area contributed by atoms with E-state index in [2.05, 4.69) is 0 Å². The van der Waals surface area contributed by atoms with E-state index in [1.54, 1.807) is 19.1 Å². The molecule has 3 nitrogen and oxygen atoms in total. The first kappa shape index (κ1) is 11.5. The molecule has 82 valence electrons. The van der Waals surface area contributed by atoms with Crippen LogP contribution >= 0.6 is 0 Å². The fourth-order valence-electron chi connectivity index (χ4n) is 1.30. The molecule has 0 aliphatic heterocycles. The molecule has 0 spiro atoms. The van der Waals surface area contributed by atoms with Crippen LogP contribution in [-0.2, 0) is 11.2 Å². The van der Waals surface area contributed by atoms with Gasteiger partial charge in [-0.1, -0.05) is 12.1 Å². The van der Waals surface area contributed by atoms with Crippen molar-refractivity contribution in [2.75, 3.05) is 6.61 Å². The number of carboxylic acid groups (broad SMARTS) is 1. The van der Waals surface area contributed by atoms with Crippen molar-refractivity contribution in [1.29, 1.82) is 0 Å². The molecule has 1 rings (SSSR count). The molecule has 0 amide bonds. The number of hydrogen-bond acceptors (Lipinski definition) is 2. The summed E-state index contributed by atoms with van der Waals surface area (Å²) in [6.45, 7) is 2.12. The molecular formula is C11H13FO3. The van der Waals surface area contributed by atoms with Crippen LogP contribution < -0.4 is 4.74 Å². The third kappa shape index (κ3) is 3.23. The third-order valence-corrected chi connectivity index (χ3v) is 1.95. The van der Waals surface area contributed by atoms with Crippen LogP contribution in [0.3, 0.4) is 0 Å². The predicted molar refractivity (Wildman–Crippen MR) is 53.5 cm³/mol. The number of rotatable bonds is 5. The van der Waals surface area contributed by atoms with Crippen LogP contribution in [0, 0.1) is 5.82 Å². The summed E-state index contributed by atoms with van der Waals surface area (Å²) in [6, 6.07) is 4.53. The summed E-state index contributed by atoms with van der Waals surface area (Å²) in [4.78, 5) is 10.4. The minimum absolute atomic E-state index is 0.0243. The molecule has 0 saturated heterocycles. The van der Waals surface area contributed by atoms with Crippen molar-refractivity contribution in [2.24, 2.45) is 0 Å². The molecule has 0 heterocycles. The number of carbonyl (C=O) groups is 1. The highest BCUT2D eigenvalue weighted by Crippen LogP contribution is 2.23. The number of aryl methyl sites for hydroxylation is 1. The maximum absolute atomic E-state index is 13.3. The summed E-state index contributed by atoms with van der Waals surface area (Å²) in [6.07, 6.45) is 0.256. The Balaban J connectivity index is 2.85.